The maximum atomic E-state index is 10.9. The second kappa shape index (κ2) is 7.35. The van der Waals surface area contributed by atoms with E-state index in [9.17, 15) is 4.79 Å². The van der Waals surface area contributed by atoms with Crippen LogP contribution in [0.1, 0.15) is 12.0 Å². The molecular weight excluding hydrogens is 232 g/mol. The largest absolute Gasteiger partial charge is 0.384 e. The number of para-hydroxylation sites is 1. The molecule has 0 bridgehead atoms. The Kier molecular flexibility index (Phi) is 6.08. The minimum absolute atomic E-state index is 0.0619. The molecule has 0 aromatic heterocycles. The molecule has 0 fully saturated rings. The van der Waals surface area contributed by atoms with Crippen molar-refractivity contribution in [3.8, 4) is 0 Å². The number of hydrogen-bond donors (Lipinski definition) is 2. The van der Waals surface area contributed by atoms with Crippen molar-refractivity contribution in [2.24, 2.45) is 0 Å². The van der Waals surface area contributed by atoms with E-state index in [0.717, 1.165) is 25.2 Å². The fraction of sp³-hybridized carbons (Fsp3) is 0.462. The number of nitrogens with one attached hydrogen (secondary N) is 1. The summed E-state index contributed by atoms with van der Waals surface area (Å²) in [6.07, 6.45) is 1.23. The second-order valence-electron chi connectivity index (χ2n) is 4.28. The molecule has 3 nitrogen and oxygen atoms in total. The molecule has 0 aliphatic carbocycles. The van der Waals surface area contributed by atoms with Crippen molar-refractivity contribution < 1.29 is 4.79 Å². The Morgan fingerprint density at radius 2 is 2.06 bits per heavy atom. The quantitative estimate of drug-likeness (QED) is 0.729. The molecule has 0 heterocycles. The van der Waals surface area contributed by atoms with Gasteiger partial charge in [0.05, 0.1) is 0 Å². The zero-order valence-electron chi connectivity index (χ0n) is 10.4. The molecule has 0 radical (unpaired) electrons. The molecule has 0 aliphatic rings. The summed E-state index contributed by atoms with van der Waals surface area (Å²) in [6, 6.07) is 8.10. The van der Waals surface area contributed by atoms with E-state index in [1.165, 1.54) is 5.56 Å². The van der Waals surface area contributed by atoms with Crippen molar-refractivity contribution in [1.29, 1.82) is 0 Å². The van der Waals surface area contributed by atoms with E-state index in [0.29, 0.717) is 6.42 Å². The minimum atomic E-state index is -0.0619. The fourth-order valence-corrected chi connectivity index (χ4v) is 1.68. The van der Waals surface area contributed by atoms with Crippen molar-refractivity contribution >= 4 is 23.4 Å². The number of aryl methyl sites for hydroxylation is 1. The number of benzene rings is 1. The van der Waals surface area contributed by atoms with Gasteiger partial charge in [0.15, 0.2) is 5.12 Å². The SMILES string of the molecule is CN(C)CCNc1ccccc1CCC(=O)S. The first-order valence-corrected chi connectivity index (χ1v) is 6.22. The smallest absolute Gasteiger partial charge is 0.186 e. The lowest BCUT2D eigenvalue weighted by atomic mass is 10.1. The molecule has 4 heteroatoms. The van der Waals surface area contributed by atoms with Gasteiger partial charge in [-0.25, -0.2) is 0 Å². The van der Waals surface area contributed by atoms with Gasteiger partial charge in [0.2, 0.25) is 0 Å². The van der Waals surface area contributed by atoms with Crippen LogP contribution in [0.2, 0.25) is 0 Å². The van der Waals surface area contributed by atoms with Crippen LogP contribution in [-0.2, 0) is 11.2 Å². The van der Waals surface area contributed by atoms with Crippen LogP contribution >= 0.6 is 12.6 Å². The van der Waals surface area contributed by atoms with Crippen LogP contribution in [0.5, 0.6) is 0 Å². The van der Waals surface area contributed by atoms with E-state index in [1.54, 1.807) is 0 Å². The molecule has 1 N–H and O–H groups in total. The Hall–Kier alpha value is -1.000. The first-order valence-electron chi connectivity index (χ1n) is 5.78. The van der Waals surface area contributed by atoms with Crippen molar-refractivity contribution in [2.75, 3.05) is 32.5 Å². The first kappa shape index (κ1) is 14.1. The molecule has 0 amide bonds. The topological polar surface area (TPSA) is 32.3 Å². The Morgan fingerprint density at radius 3 is 2.71 bits per heavy atom. The Morgan fingerprint density at radius 1 is 1.35 bits per heavy atom. The van der Waals surface area contributed by atoms with E-state index in [2.05, 4.69) is 28.9 Å². The molecule has 1 aromatic rings. The fourth-order valence-electron chi connectivity index (χ4n) is 1.57. The van der Waals surface area contributed by atoms with Gasteiger partial charge in [-0.3, -0.25) is 4.79 Å². The van der Waals surface area contributed by atoms with Gasteiger partial charge in [0, 0.05) is 25.2 Å². The van der Waals surface area contributed by atoms with Crippen molar-refractivity contribution in [3.05, 3.63) is 29.8 Å². The van der Waals surface area contributed by atoms with E-state index in [-0.39, 0.29) is 5.12 Å². The van der Waals surface area contributed by atoms with E-state index >= 15 is 0 Å². The summed E-state index contributed by atoms with van der Waals surface area (Å²) in [7, 11) is 4.10. The highest BCUT2D eigenvalue weighted by Crippen LogP contribution is 2.16. The van der Waals surface area contributed by atoms with Crippen LogP contribution in [-0.4, -0.2) is 37.2 Å². The van der Waals surface area contributed by atoms with Gasteiger partial charge in [-0.15, -0.1) is 12.6 Å². The summed E-state index contributed by atoms with van der Waals surface area (Å²) >= 11 is 3.79. The minimum Gasteiger partial charge on any atom is -0.384 e. The van der Waals surface area contributed by atoms with Crippen molar-refractivity contribution in [3.63, 3.8) is 0 Å². The van der Waals surface area contributed by atoms with Gasteiger partial charge in [-0.05, 0) is 32.1 Å². The number of rotatable bonds is 7. The summed E-state index contributed by atoms with van der Waals surface area (Å²) in [6.45, 7) is 1.89. The molecule has 94 valence electrons. The highest BCUT2D eigenvalue weighted by molar-refractivity contribution is 7.96. The molecule has 0 saturated heterocycles. The summed E-state index contributed by atoms with van der Waals surface area (Å²) < 4.78 is 0. The maximum absolute atomic E-state index is 10.9. The Labute approximate surface area is 109 Å². The van der Waals surface area contributed by atoms with Crippen molar-refractivity contribution in [1.82, 2.24) is 4.90 Å². The van der Waals surface area contributed by atoms with Gasteiger partial charge in [-0.2, -0.15) is 0 Å². The van der Waals surface area contributed by atoms with Crippen LogP contribution in [0.3, 0.4) is 0 Å². The van der Waals surface area contributed by atoms with Crippen LogP contribution in [0.15, 0.2) is 24.3 Å². The van der Waals surface area contributed by atoms with Gasteiger partial charge < -0.3 is 10.2 Å². The predicted octanol–water partition coefficient (Wildman–Crippen LogP) is 2.05. The average molecular weight is 252 g/mol. The Bertz CT molecular complexity index is 366. The second-order valence-corrected chi connectivity index (χ2v) is 4.78. The highest BCUT2D eigenvalue weighted by atomic mass is 32.1. The highest BCUT2D eigenvalue weighted by Gasteiger charge is 2.03. The normalized spacial score (nSPS) is 10.6. The molecule has 1 aromatic carbocycles. The standard InChI is InChI=1S/C13H20N2OS/c1-15(2)10-9-14-12-6-4-3-5-11(12)7-8-13(16)17/h3-6,14H,7-10H2,1-2H3,(H,16,17). The average Bonchev–Trinajstić information content (AvgIpc) is 2.27. The van der Waals surface area contributed by atoms with Gasteiger partial charge in [0.25, 0.3) is 0 Å². The molecule has 0 spiro atoms. The third-order valence-electron chi connectivity index (χ3n) is 2.50. The third-order valence-corrected chi connectivity index (χ3v) is 2.72. The number of anilines is 1. The van der Waals surface area contributed by atoms with Gasteiger partial charge in [-0.1, -0.05) is 18.2 Å². The van der Waals surface area contributed by atoms with E-state index in [1.807, 2.05) is 32.3 Å². The summed E-state index contributed by atoms with van der Waals surface area (Å²) in [4.78, 5) is 13.0. The van der Waals surface area contributed by atoms with E-state index in [4.69, 9.17) is 0 Å². The Balaban J connectivity index is 2.54. The van der Waals surface area contributed by atoms with Gasteiger partial charge in [0.1, 0.15) is 0 Å². The molecule has 17 heavy (non-hydrogen) atoms. The monoisotopic (exact) mass is 252 g/mol. The lowest BCUT2D eigenvalue weighted by Crippen LogP contribution is -2.21. The number of hydrogen-bond acceptors (Lipinski definition) is 3. The van der Waals surface area contributed by atoms with Crippen LogP contribution in [0, 0.1) is 0 Å². The molecule has 1 rings (SSSR count). The summed E-state index contributed by atoms with van der Waals surface area (Å²) in [5.41, 5.74) is 2.29. The number of carbonyl (C=O) groups excluding carboxylic acids is 1. The maximum Gasteiger partial charge on any atom is 0.186 e. The zero-order chi connectivity index (χ0) is 12.7. The third kappa shape index (κ3) is 5.75. The number of nitrogens with zero attached hydrogens (tertiary/aromatic N) is 1. The predicted molar refractivity (Wildman–Crippen MR) is 75.8 cm³/mol. The molecule has 0 aliphatic heterocycles. The molecular formula is C13H20N2OS. The number of thiol groups is 1. The molecule has 0 unspecified atom stereocenters. The van der Waals surface area contributed by atoms with E-state index < -0.39 is 0 Å². The van der Waals surface area contributed by atoms with Gasteiger partial charge >= 0.3 is 0 Å². The number of carbonyl (C=O) groups is 1. The summed E-state index contributed by atoms with van der Waals surface area (Å²) in [5, 5.41) is 3.33. The lowest BCUT2D eigenvalue weighted by Gasteiger charge is -2.14. The molecule has 0 saturated carbocycles. The van der Waals surface area contributed by atoms with Crippen molar-refractivity contribution in [2.45, 2.75) is 12.8 Å². The number of likely N-dealkylation sites (N-methyl/N-ethyl adjacent to an activating group) is 1. The van der Waals surface area contributed by atoms with Crippen LogP contribution in [0.25, 0.3) is 0 Å². The van der Waals surface area contributed by atoms with Crippen LogP contribution in [0.4, 0.5) is 5.69 Å². The zero-order valence-corrected chi connectivity index (χ0v) is 11.3. The first-order chi connectivity index (χ1) is 8.09. The summed E-state index contributed by atoms with van der Waals surface area (Å²) in [5.74, 6) is 0. The molecule has 0 atom stereocenters. The lowest BCUT2D eigenvalue weighted by molar-refractivity contribution is -0.110. The van der Waals surface area contributed by atoms with Crippen LogP contribution < -0.4 is 5.32 Å².